The molecule has 0 aliphatic rings. The summed E-state index contributed by atoms with van der Waals surface area (Å²) in [6, 6.07) is 15.9. The van der Waals surface area contributed by atoms with Crippen LogP contribution < -0.4 is 14.8 Å². The van der Waals surface area contributed by atoms with E-state index in [0.717, 1.165) is 5.56 Å². The van der Waals surface area contributed by atoms with Gasteiger partial charge in [-0.1, -0.05) is 48.0 Å². The highest BCUT2D eigenvalue weighted by Gasteiger charge is 2.27. The monoisotopic (exact) mass is 490 g/mol. The lowest BCUT2D eigenvalue weighted by Crippen LogP contribution is -2.45. The van der Waals surface area contributed by atoms with Gasteiger partial charge in [-0.2, -0.15) is 4.72 Å². The molecule has 0 aliphatic heterocycles. The molecular weight excluding hydrogens is 467 g/mol. The second kappa shape index (κ2) is 10.8. The summed E-state index contributed by atoms with van der Waals surface area (Å²) >= 11 is 6.15. The van der Waals surface area contributed by atoms with E-state index in [1.165, 1.54) is 36.4 Å². The maximum absolute atomic E-state index is 13.7. The van der Waals surface area contributed by atoms with Crippen LogP contribution in [-0.2, 0) is 21.2 Å². The van der Waals surface area contributed by atoms with Crippen molar-refractivity contribution < 1.29 is 22.3 Å². The molecular formula is C24H24ClFN2O4S. The van der Waals surface area contributed by atoms with Gasteiger partial charge in [-0.05, 0) is 61.7 Å². The molecule has 0 unspecified atom stereocenters. The Balaban J connectivity index is 1.89. The summed E-state index contributed by atoms with van der Waals surface area (Å²) in [6.45, 7) is 3.88. The summed E-state index contributed by atoms with van der Waals surface area (Å²) < 4.78 is 47.6. The van der Waals surface area contributed by atoms with Crippen LogP contribution in [0.3, 0.4) is 0 Å². The Bertz CT molecular complexity index is 1240. The number of rotatable bonds is 9. The fourth-order valence-electron chi connectivity index (χ4n) is 3.16. The molecule has 1 atom stereocenters. The third kappa shape index (κ3) is 6.54. The minimum absolute atomic E-state index is 0.0883. The largest absolute Gasteiger partial charge is 0.492 e. The van der Waals surface area contributed by atoms with Crippen LogP contribution >= 0.6 is 11.6 Å². The summed E-state index contributed by atoms with van der Waals surface area (Å²) in [4.78, 5) is 13.0. The van der Waals surface area contributed by atoms with Crippen molar-refractivity contribution in [2.24, 2.45) is 0 Å². The maximum Gasteiger partial charge on any atom is 0.242 e. The number of nitrogens with one attached hydrogen (secondary N) is 2. The van der Waals surface area contributed by atoms with Crippen LogP contribution in [0.25, 0.3) is 0 Å². The Morgan fingerprint density at radius 1 is 1.09 bits per heavy atom. The molecule has 9 heteroatoms. The first-order chi connectivity index (χ1) is 15.7. The van der Waals surface area contributed by atoms with Gasteiger partial charge in [0.05, 0.1) is 16.5 Å². The van der Waals surface area contributed by atoms with E-state index in [1.807, 2.05) is 6.07 Å². The third-order valence-corrected chi connectivity index (χ3v) is 6.63. The summed E-state index contributed by atoms with van der Waals surface area (Å²) in [5.74, 6) is -0.772. The van der Waals surface area contributed by atoms with Crippen LogP contribution in [0.15, 0.2) is 71.6 Å². The lowest BCUT2D eigenvalue weighted by molar-refractivity contribution is -0.117. The Labute approximate surface area is 197 Å². The molecule has 0 saturated carbocycles. The molecule has 0 heterocycles. The molecule has 0 bridgehead atoms. The lowest BCUT2D eigenvalue weighted by atomic mass is 10.1. The van der Waals surface area contributed by atoms with E-state index in [2.05, 4.69) is 10.0 Å². The van der Waals surface area contributed by atoms with Crippen molar-refractivity contribution in [1.82, 2.24) is 4.72 Å². The van der Waals surface area contributed by atoms with Crippen LogP contribution in [-0.4, -0.2) is 27.0 Å². The number of carbonyl (C=O) groups is 1. The van der Waals surface area contributed by atoms with Crippen molar-refractivity contribution in [1.29, 1.82) is 0 Å². The number of amides is 1. The van der Waals surface area contributed by atoms with Crippen LogP contribution in [0.4, 0.5) is 10.1 Å². The lowest BCUT2D eigenvalue weighted by Gasteiger charge is -2.20. The number of benzene rings is 3. The Kier molecular flexibility index (Phi) is 8.07. The summed E-state index contributed by atoms with van der Waals surface area (Å²) in [5.41, 5.74) is 1.66. The zero-order valence-corrected chi connectivity index (χ0v) is 19.7. The normalized spacial score (nSPS) is 12.2. The number of hydrogen-bond acceptors (Lipinski definition) is 4. The first-order valence-corrected chi connectivity index (χ1v) is 12.1. The predicted octanol–water partition coefficient (Wildman–Crippen LogP) is 4.71. The minimum atomic E-state index is -4.11. The fraction of sp³-hybridized carbons (Fsp3) is 0.208. The standard InChI is InChI=1S/C24H24ClFN2O4S/c1-3-32-23-12-11-19(15-20(23)25)33(30,31)28-22(13-17-7-5-4-6-8-17)24(29)27-21-14-18(26)10-9-16(21)2/h4-12,14-15,22,28H,3,13H2,1-2H3,(H,27,29)/t22-/m0/s1. The minimum Gasteiger partial charge on any atom is -0.492 e. The number of anilines is 1. The van der Waals surface area contributed by atoms with Gasteiger partial charge in [-0.25, -0.2) is 12.8 Å². The van der Waals surface area contributed by atoms with Crippen molar-refractivity contribution in [2.45, 2.75) is 31.2 Å². The molecule has 6 nitrogen and oxygen atoms in total. The van der Waals surface area contributed by atoms with Crippen LogP contribution in [0.1, 0.15) is 18.1 Å². The van der Waals surface area contributed by atoms with E-state index >= 15 is 0 Å². The average Bonchev–Trinajstić information content (AvgIpc) is 2.78. The van der Waals surface area contributed by atoms with Gasteiger partial charge in [-0.3, -0.25) is 4.79 Å². The Hall–Kier alpha value is -2.94. The summed E-state index contributed by atoms with van der Waals surface area (Å²) in [7, 11) is -4.11. The van der Waals surface area contributed by atoms with Gasteiger partial charge in [0, 0.05) is 5.69 Å². The Morgan fingerprint density at radius 2 is 1.82 bits per heavy atom. The first-order valence-electron chi connectivity index (χ1n) is 10.2. The maximum atomic E-state index is 13.7. The zero-order valence-electron chi connectivity index (χ0n) is 18.1. The highest BCUT2D eigenvalue weighted by Crippen LogP contribution is 2.27. The van der Waals surface area contributed by atoms with Gasteiger partial charge < -0.3 is 10.1 Å². The quantitative estimate of drug-likeness (QED) is 0.454. The Morgan fingerprint density at radius 3 is 2.48 bits per heavy atom. The van der Waals surface area contributed by atoms with Gasteiger partial charge in [0.1, 0.15) is 17.6 Å². The molecule has 0 aromatic heterocycles. The van der Waals surface area contributed by atoms with Crippen molar-refractivity contribution in [2.75, 3.05) is 11.9 Å². The highest BCUT2D eigenvalue weighted by atomic mass is 35.5. The number of halogens is 2. The van der Waals surface area contributed by atoms with E-state index in [9.17, 15) is 17.6 Å². The topological polar surface area (TPSA) is 84.5 Å². The smallest absolute Gasteiger partial charge is 0.242 e. The van der Waals surface area contributed by atoms with Gasteiger partial charge in [-0.15, -0.1) is 0 Å². The molecule has 0 spiro atoms. The first kappa shape index (κ1) is 24.7. The van der Waals surface area contributed by atoms with Gasteiger partial charge in [0.25, 0.3) is 0 Å². The second-order valence-electron chi connectivity index (χ2n) is 7.34. The predicted molar refractivity (Wildman–Crippen MR) is 127 cm³/mol. The molecule has 0 saturated heterocycles. The zero-order chi connectivity index (χ0) is 24.0. The van der Waals surface area contributed by atoms with E-state index in [0.29, 0.717) is 17.9 Å². The van der Waals surface area contributed by atoms with Crippen molar-refractivity contribution in [3.8, 4) is 5.75 Å². The SMILES string of the molecule is CCOc1ccc(S(=O)(=O)N[C@@H](Cc2ccccc2)C(=O)Nc2cc(F)ccc2C)cc1Cl. The van der Waals surface area contributed by atoms with Crippen LogP contribution in [0.5, 0.6) is 5.75 Å². The molecule has 0 radical (unpaired) electrons. The number of ether oxygens (including phenoxy) is 1. The molecule has 0 aliphatic carbocycles. The van der Waals surface area contributed by atoms with Gasteiger partial charge in [0.15, 0.2) is 0 Å². The number of sulfonamides is 1. The van der Waals surface area contributed by atoms with Crippen molar-refractivity contribution in [3.63, 3.8) is 0 Å². The van der Waals surface area contributed by atoms with Gasteiger partial charge in [0.2, 0.25) is 15.9 Å². The summed E-state index contributed by atoms with van der Waals surface area (Å²) in [5, 5.41) is 2.77. The second-order valence-corrected chi connectivity index (χ2v) is 9.46. The average molecular weight is 491 g/mol. The molecule has 3 aromatic rings. The highest BCUT2D eigenvalue weighted by molar-refractivity contribution is 7.89. The van der Waals surface area contributed by atoms with Crippen molar-refractivity contribution >= 4 is 33.2 Å². The van der Waals surface area contributed by atoms with E-state index in [1.54, 1.807) is 38.1 Å². The fourth-order valence-corrected chi connectivity index (χ4v) is 4.68. The number of hydrogen-bond donors (Lipinski definition) is 2. The third-order valence-electron chi connectivity index (χ3n) is 4.87. The molecule has 33 heavy (non-hydrogen) atoms. The molecule has 174 valence electrons. The number of carbonyl (C=O) groups excluding carboxylic acids is 1. The molecule has 3 rings (SSSR count). The molecule has 0 fully saturated rings. The molecule has 1 amide bonds. The van der Waals surface area contributed by atoms with E-state index < -0.39 is 27.8 Å². The number of aryl methyl sites for hydroxylation is 1. The van der Waals surface area contributed by atoms with Crippen LogP contribution in [0.2, 0.25) is 5.02 Å². The molecule has 3 aromatic carbocycles. The van der Waals surface area contributed by atoms with E-state index in [4.69, 9.17) is 16.3 Å². The van der Waals surface area contributed by atoms with Crippen LogP contribution in [0, 0.1) is 12.7 Å². The molecule has 2 N–H and O–H groups in total. The van der Waals surface area contributed by atoms with E-state index in [-0.39, 0.29) is 22.0 Å². The summed E-state index contributed by atoms with van der Waals surface area (Å²) in [6.07, 6.45) is 0.0883. The van der Waals surface area contributed by atoms with Gasteiger partial charge >= 0.3 is 0 Å². The van der Waals surface area contributed by atoms with Crippen molar-refractivity contribution in [3.05, 3.63) is 88.7 Å².